The number of hydrogen-bond donors (Lipinski definition) is 1. The highest BCUT2D eigenvalue weighted by Crippen LogP contribution is 2.17. The lowest BCUT2D eigenvalue weighted by atomic mass is 10.0. The molecule has 0 aliphatic carbocycles. The maximum atomic E-state index is 5.72. The Morgan fingerprint density at radius 1 is 1.32 bits per heavy atom. The van der Waals surface area contributed by atoms with Gasteiger partial charge >= 0.3 is 0 Å². The van der Waals surface area contributed by atoms with Crippen molar-refractivity contribution in [1.29, 1.82) is 0 Å². The van der Waals surface area contributed by atoms with Gasteiger partial charge in [-0.2, -0.15) is 0 Å². The molecule has 0 saturated carbocycles. The summed E-state index contributed by atoms with van der Waals surface area (Å²) in [5.74, 6) is 1.78. The second-order valence-corrected chi connectivity index (χ2v) is 5.65. The van der Waals surface area contributed by atoms with Crippen LogP contribution >= 0.6 is 0 Å². The molecule has 0 amide bonds. The SMILES string of the molecule is CC1CCCN(CCCOc2cccc(N)c2)CC1. The zero-order valence-corrected chi connectivity index (χ0v) is 12.0. The number of anilines is 1. The van der Waals surface area contributed by atoms with Crippen LogP contribution < -0.4 is 10.5 Å². The minimum Gasteiger partial charge on any atom is -0.493 e. The summed E-state index contributed by atoms with van der Waals surface area (Å²) in [6, 6.07) is 7.66. The van der Waals surface area contributed by atoms with Crippen molar-refractivity contribution in [2.45, 2.75) is 32.6 Å². The van der Waals surface area contributed by atoms with Crippen molar-refractivity contribution in [3.8, 4) is 5.75 Å². The van der Waals surface area contributed by atoms with Crippen molar-refractivity contribution < 1.29 is 4.74 Å². The van der Waals surface area contributed by atoms with Crippen molar-refractivity contribution in [3.63, 3.8) is 0 Å². The van der Waals surface area contributed by atoms with Gasteiger partial charge < -0.3 is 15.4 Å². The molecule has 0 radical (unpaired) electrons. The van der Waals surface area contributed by atoms with Gasteiger partial charge in [-0.15, -0.1) is 0 Å². The first kappa shape index (κ1) is 14.2. The standard InChI is InChI=1S/C16H26N2O/c1-14-5-3-9-18(11-8-14)10-4-12-19-16-7-2-6-15(17)13-16/h2,6-7,13-14H,3-5,8-12,17H2,1H3. The van der Waals surface area contributed by atoms with Gasteiger partial charge in [0.1, 0.15) is 5.75 Å². The van der Waals surface area contributed by atoms with Gasteiger partial charge in [-0.05, 0) is 56.8 Å². The van der Waals surface area contributed by atoms with Crippen molar-refractivity contribution >= 4 is 5.69 Å². The molecule has 2 rings (SSSR count). The van der Waals surface area contributed by atoms with Gasteiger partial charge in [0.2, 0.25) is 0 Å². The maximum absolute atomic E-state index is 5.72. The summed E-state index contributed by atoms with van der Waals surface area (Å²) in [6.07, 6.45) is 5.16. The van der Waals surface area contributed by atoms with E-state index in [9.17, 15) is 0 Å². The van der Waals surface area contributed by atoms with E-state index in [2.05, 4.69) is 11.8 Å². The van der Waals surface area contributed by atoms with Crippen LogP contribution in [-0.2, 0) is 0 Å². The Balaban J connectivity index is 1.64. The van der Waals surface area contributed by atoms with E-state index in [4.69, 9.17) is 10.5 Å². The zero-order chi connectivity index (χ0) is 13.5. The number of nitrogens with zero attached hydrogens (tertiary/aromatic N) is 1. The van der Waals surface area contributed by atoms with Crippen molar-refractivity contribution in [2.24, 2.45) is 5.92 Å². The van der Waals surface area contributed by atoms with E-state index < -0.39 is 0 Å². The molecule has 1 saturated heterocycles. The molecular weight excluding hydrogens is 236 g/mol. The summed E-state index contributed by atoms with van der Waals surface area (Å²) in [5, 5.41) is 0. The first-order valence-electron chi connectivity index (χ1n) is 7.45. The minimum absolute atomic E-state index is 0.763. The molecule has 3 nitrogen and oxygen atoms in total. The fourth-order valence-electron chi connectivity index (χ4n) is 2.63. The van der Waals surface area contributed by atoms with Crippen LogP contribution in [0.5, 0.6) is 5.75 Å². The normalized spacial score (nSPS) is 21.0. The van der Waals surface area contributed by atoms with Crippen molar-refractivity contribution in [2.75, 3.05) is 32.0 Å². The monoisotopic (exact) mass is 262 g/mol. The Bertz CT molecular complexity index is 381. The second-order valence-electron chi connectivity index (χ2n) is 5.65. The summed E-state index contributed by atoms with van der Waals surface area (Å²) >= 11 is 0. The average molecular weight is 262 g/mol. The Morgan fingerprint density at radius 3 is 3.05 bits per heavy atom. The number of nitrogens with two attached hydrogens (primary N) is 1. The first-order valence-corrected chi connectivity index (χ1v) is 7.45. The molecule has 106 valence electrons. The molecule has 3 heteroatoms. The molecule has 19 heavy (non-hydrogen) atoms. The quantitative estimate of drug-likeness (QED) is 0.654. The van der Waals surface area contributed by atoms with E-state index in [1.807, 2.05) is 24.3 Å². The fourth-order valence-corrected chi connectivity index (χ4v) is 2.63. The summed E-state index contributed by atoms with van der Waals surface area (Å²) < 4.78 is 5.72. The number of benzene rings is 1. The molecular formula is C16H26N2O. The third kappa shape index (κ3) is 5.11. The largest absolute Gasteiger partial charge is 0.493 e. The summed E-state index contributed by atoms with van der Waals surface area (Å²) in [7, 11) is 0. The van der Waals surface area contributed by atoms with Gasteiger partial charge in [-0.1, -0.05) is 13.0 Å². The number of ether oxygens (including phenoxy) is 1. The number of hydrogen-bond acceptors (Lipinski definition) is 3. The molecule has 0 bridgehead atoms. The molecule has 1 unspecified atom stereocenters. The third-order valence-corrected chi connectivity index (χ3v) is 3.85. The molecule has 1 aromatic rings. The van der Waals surface area contributed by atoms with Crippen LogP contribution in [0.1, 0.15) is 32.6 Å². The van der Waals surface area contributed by atoms with E-state index in [1.165, 1.54) is 32.4 Å². The minimum atomic E-state index is 0.763. The van der Waals surface area contributed by atoms with Crippen molar-refractivity contribution in [1.82, 2.24) is 4.90 Å². The highest BCUT2D eigenvalue weighted by molar-refractivity contribution is 5.43. The molecule has 2 N–H and O–H groups in total. The number of nitrogen functional groups attached to an aromatic ring is 1. The summed E-state index contributed by atoms with van der Waals surface area (Å²) in [4.78, 5) is 2.58. The smallest absolute Gasteiger partial charge is 0.121 e. The molecule has 1 aliphatic rings. The Kier molecular flexibility index (Phi) is 5.52. The van der Waals surface area contributed by atoms with Crippen LogP contribution in [0.25, 0.3) is 0 Å². The maximum Gasteiger partial charge on any atom is 0.121 e. The first-order chi connectivity index (χ1) is 9.24. The fraction of sp³-hybridized carbons (Fsp3) is 0.625. The van der Waals surface area contributed by atoms with E-state index in [0.717, 1.165) is 36.9 Å². The highest BCUT2D eigenvalue weighted by Gasteiger charge is 2.12. The molecule has 0 spiro atoms. The lowest BCUT2D eigenvalue weighted by Crippen LogP contribution is -2.27. The van der Waals surface area contributed by atoms with Crippen LogP contribution in [0.15, 0.2) is 24.3 Å². The predicted octanol–water partition coefficient (Wildman–Crippen LogP) is 3.16. The van der Waals surface area contributed by atoms with Gasteiger partial charge in [-0.3, -0.25) is 0 Å². The molecule has 1 atom stereocenters. The van der Waals surface area contributed by atoms with E-state index >= 15 is 0 Å². The van der Waals surface area contributed by atoms with Gasteiger partial charge in [-0.25, -0.2) is 0 Å². The summed E-state index contributed by atoms with van der Waals surface area (Å²) in [5.41, 5.74) is 6.48. The Hall–Kier alpha value is -1.22. The average Bonchev–Trinajstić information content (AvgIpc) is 2.60. The Morgan fingerprint density at radius 2 is 2.21 bits per heavy atom. The highest BCUT2D eigenvalue weighted by atomic mass is 16.5. The molecule has 1 aromatic carbocycles. The van der Waals surface area contributed by atoms with Crippen LogP contribution in [0.4, 0.5) is 5.69 Å². The topological polar surface area (TPSA) is 38.5 Å². The van der Waals surface area contributed by atoms with Crippen LogP contribution in [0, 0.1) is 5.92 Å². The van der Waals surface area contributed by atoms with Gasteiger partial charge in [0.15, 0.2) is 0 Å². The molecule has 1 heterocycles. The zero-order valence-electron chi connectivity index (χ0n) is 12.0. The van der Waals surface area contributed by atoms with Crippen LogP contribution in [-0.4, -0.2) is 31.1 Å². The van der Waals surface area contributed by atoms with E-state index in [-0.39, 0.29) is 0 Å². The third-order valence-electron chi connectivity index (χ3n) is 3.85. The van der Waals surface area contributed by atoms with Gasteiger partial charge in [0.25, 0.3) is 0 Å². The lowest BCUT2D eigenvalue weighted by Gasteiger charge is -2.19. The van der Waals surface area contributed by atoms with Crippen LogP contribution in [0.3, 0.4) is 0 Å². The second kappa shape index (κ2) is 7.39. The molecule has 0 aromatic heterocycles. The number of rotatable bonds is 5. The van der Waals surface area contributed by atoms with E-state index in [1.54, 1.807) is 0 Å². The number of likely N-dealkylation sites (tertiary alicyclic amines) is 1. The van der Waals surface area contributed by atoms with Crippen molar-refractivity contribution in [3.05, 3.63) is 24.3 Å². The van der Waals surface area contributed by atoms with Crippen LogP contribution in [0.2, 0.25) is 0 Å². The predicted molar refractivity (Wildman–Crippen MR) is 80.4 cm³/mol. The lowest BCUT2D eigenvalue weighted by molar-refractivity contribution is 0.238. The van der Waals surface area contributed by atoms with Gasteiger partial charge in [0, 0.05) is 18.3 Å². The molecule has 1 aliphatic heterocycles. The van der Waals surface area contributed by atoms with E-state index in [0.29, 0.717) is 0 Å². The Labute approximate surface area is 116 Å². The van der Waals surface area contributed by atoms with Gasteiger partial charge in [0.05, 0.1) is 6.61 Å². The molecule has 1 fully saturated rings. The summed E-state index contributed by atoms with van der Waals surface area (Å²) in [6.45, 7) is 6.79.